The van der Waals surface area contributed by atoms with Crippen LogP contribution in [0.25, 0.3) is 0 Å². The van der Waals surface area contributed by atoms with E-state index in [1.807, 2.05) is 11.8 Å². The highest BCUT2D eigenvalue weighted by Gasteiger charge is 2.19. The number of rotatable bonds is 10. The van der Waals surface area contributed by atoms with Gasteiger partial charge in [0.25, 0.3) is 0 Å². The number of unbranched alkanes of at least 4 members (excludes halogenated alkanes) is 1. The molecule has 0 aliphatic heterocycles. The Hall–Kier alpha value is -0.160. The summed E-state index contributed by atoms with van der Waals surface area (Å²) >= 11 is 0. The molecule has 0 heterocycles. The maximum Gasteiger partial charge on any atom is 0.0900 e. The number of nitrogens with zero attached hydrogens (tertiary/aromatic N) is 1. The van der Waals surface area contributed by atoms with E-state index in [9.17, 15) is 10.2 Å². The first-order chi connectivity index (χ1) is 7.89. The SMILES string of the molecule is CCCCOCC(O)CN(CC)CC(C)(C)O. The second kappa shape index (κ2) is 8.86. The van der Waals surface area contributed by atoms with Crippen molar-refractivity contribution in [2.75, 3.05) is 32.8 Å². The normalized spacial score (nSPS) is 14.3. The monoisotopic (exact) mass is 247 g/mol. The molecule has 4 nitrogen and oxygen atoms in total. The predicted octanol–water partition coefficient (Wildman–Crippen LogP) is 1.26. The maximum absolute atomic E-state index is 9.80. The maximum atomic E-state index is 9.80. The Bertz CT molecular complexity index is 180. The van der Waals surface area contributed by atoms with E-state index in [2.05, 4.69) is 6.92 Å². The summed E-state index contributed by atoms with van der Waals surface area (Å²) in [5, 5.41) is 19.5. The molecule has 0 saturated heterocycles. The van der Waals surface area contributed by atoms with Gasteiger partial charge in [-0.2, -0.15) is 0 Å². The Morgan fingerprint density at radius 2 is 1.94 bits per heavy atom. The Kier molecular flexibility index (Phi) is 8.78. The molecule has 0 saturated carbocycles. The fourth-order valence-corrected chi connectivity index (χ4v) is 1.67. The number of hydrogen-bond acceptors (Lipinski definition) is 4. The van der Waals surface area contributed by atoms with Crippen LogP contribution in [0.15, 0.2) is 0 Å². The second-order valence-corrected chi connectivity index (χ2v) is 5.22. The molecular formula is C13H29NO3. The van der Waals surface area contributed by atoms with E-state index in [0.717, 1.165) is 19.4 Å². The van der Waals surface area contributed by atoms with E-state index < -0.39 is 11.7 Å². The van der Waals surface area contributed by atoms with Crippen LogP contribution in [0.2, 0.25) is 0 Å². The number of ether oxygens (including phenoxy) is 1. The van der Waals surface area contributed by atoms with Gasteiger partial charge in [-0.05, 0) is 26.8 Å². The van der Waals surface area contributed by atoms with Crippen LogP contribution in [-0.2, 0) is 4.74 Å². The van der Waals surface area contributed by atoms with E-state index in [-0.39, 0.29) is 0 Å². The lowest BCUT2D eigenvalue weighted by atomic mass is 10.1. The number of aliphatic hydroxyl groups excluding tert-OH is 1. The van der Waals surface area contributed by atoms with E-state index in [1.54, 1.807) is 13.8 Å². The largest absolute Gasteiger partial charge is 0.389 e. The molecule has 0 amide bonds. The molecule has 0 rings (SSSR count). The fourth-order valence-electron chi connectivity index (χ4n) is 1.67. The molecule has 0 aromatic carbocycles. The first-order valence-corrected chi connectivity index (χ1v) is 6.59. The van der Waals surface area contributed by atoms with Crippen molar-refractivity contribution in [2.45, 2.75) is 52.2 Å². The number of likely N-dealkylation sites (N-methyl/N-ethyl adjacent to an activating group) is 1. The highest BCUT2D eigenvalue weighted by molar-refractivity contribution is 4.73. The molecule has 0 aromatic heterocycles. The van der Waals surface area contributed by atoms with Crippen LogP contribution in [0.1, 0.15) is 40.5 Å². The van der Waals surface area contributed by atoms with Crippen LogP contribution in [-0.4, -0.2) is 59.7 Å². The lowest BCUT2D eigenvalue weighted by molar-refractivity contribution is -0.00800. The van der Waals surface area contributed by atoms with Crippen molar-refractivity contribution < 1.29 is 14.9 Å². The van der Waals surface area contributed by atoms with Gasteiger partial charge in [0.1, 0.15) is 0 Å². The average Bonchev–Trinajstić information content (AvgIpc) is 2.21. The molecule has 0 radical (unpaired) electrons. The molecule has 1 unspecified atom stereocenters. The minimum Gasteiger partial charge on any atom is -0.389 e. The summed E-state index contributed by atoms with van der Waals surface area (Å²) in [5.74, 6) is 0. The van der Waals surface area contributed by atoms with Gasteiger partial charge < -0.3 is 14.9 Å². The number of aliphatic hydroxyl groups is 2. The predicted molar refractivity (Wildman–Crippen MR) is 70.1 cm³/mol. The zero-order valence-electron chi connectivity index (χ0n) is 11.8. The second-order valence-electron chi connectivity index (χ2n) is 5.22. The average molecular weight is 247 g/mol. The highest BCUT2D eigenvalue weighted by atomic mass is 16.5. The molecule has 1 atom stereocenters. The van der Waals surface area contributed by atoms with E-state index in [0.29, 0.717) is 26.3 Å². The third-order valence-corrected chi connectivity index (χ3v) is 2.48. The summed E-state index contributed by atoms with van der Waals surface area (Å²) in [6, 6.07) is 0. The van der Waals surface area contributed by atoms with E-state index in [1.165, 1.54) is 0 Å². The molecule has 104 valence electrons. The van der Waals surface area contributed by atoms with Gasteiger partial charge in [0, 0.05) is 19.7 Å². The van der Waals surface area contributed by atoms with Crippen LogP contribution in [0.3, 0.4) is 0 Å². The van der Waals surface area contributed by atoms with Crippen LogP contribution < -0.4 is 0 Å². The lowest BCUT2D eigenvalue weighted by Crippen LogP contribution is -2.43. The summed E-state index contributed by atoms with van der Waals surface area (Å²) in [6.45, 7) is 10.7. The summed E-state index contributed by atoms with van der Waals surface area (Å²) in [5.41, 5.74) is -0.723. The summed E-state index contributed by atoms with van der Waals surface area (Å²) in [4.78, 5) is 2.04. The minimum atomic E-state index is -0.723. The zero-order chi connectivity index (χ0) is 13.3. The van der Waals surface area contributed by atoms with Gasteiger partial charge in [-0.15, -0.1) is 0 Å². The highest BCUT2D eigenvalue weighted by Crippen LogP contribution is 2.05. The fraction of sp³-hybridized carbons (Fsp3) is 1.00. The zero-order valence-corrected chi connectivity index (χ0v) is 11.8. The van der Waals surface area contributed by atoms with Crippen LogP contribution in [0.4, 0.5) is 0 Å². The van der Waals surface area contributed by atoms with Gasteiger partial charge in [-0.3, -0.25) is 4.90 Å². The number of hydrogen-bond donors (Lipinski definition) is 2. The third kappa shape index (κ3) is 10.7. The van der Waals surface area contributed by atoms with Gasteiger partial charge in [0.05, 0.1) is 18.3 Å². The Morgan fingerprint density at radius 3 is 2.41 bits per heavy atom. The smallest absolute Gasteiger partial charge is 0.0900 e. The van der Waals surface area contributed by atoms with Crippen molar-refractivity contribution in [2.24, 2.45) is 0 Å². The summed E-state index contributed by atoms with van der Waals surface area (Å²) in [7, 11) is 0. The molecule has 0 aliphatic carbocycles. The van der Waals surface area contributed by atoms with Gasteiger partial charge in [-0.25, -0.2) is 0 Å². The Labute approximate surface area is 106 Å². The van der Waals surface area contributed by atoms with Crippen LogP contribution in [0, 0.1) is 0 Å². The molecule has 0 spiro atoms. The van der Waals surface area contributed by atoms with Crippen molar-refractivity contribution in [1.82, 2.24) is 4.90 Å². The molecule has 4 heteroatoms. The van der Waals surface area contributed by atoms with E-state index in [4.69, 9.17) is 4.74 Å². The first-order valence-electron chi connectivity index (χ1n) is 6.59. The van der Waals surface area contributed by atoms with Crippen molar-refractivity contribution >= 4 is 0 Å². The molecule has 0 bridgehead atoms. The van der Waals surface area contributed by atoms with Gasteiger partial charge in [0.15, 0.2) is 0 Å². The lowest BCUT2D eigenvalue weighted by Gasteiger charge is -2.29. The quantitative estimate of drug-likeness (QED) is 0.571. The van der Waals surface area contributed by atoms with Gasteiger partial charge in [-0.1, -0.05) is 20.3 Å². The van der Waals surface area contributed by atoms with Crippen LogP contribution >= 0.6 is 0 Å². The van der Waals surface area contributed by atoms with E-state index >= 15 is 0 Å². The summed E-state index contributed by atoms with van der Waals surface area (Å²) < 4.78 is 5.37. The van der Waals surface area contributed by atoms with Crippen molar-refractivity contribution in [1.29, 1.82) is 0 Å². The Morgan fingerprint density at radius 1 is 1.29 bits per heavy atom. The first kappa shape index (κ1) is 16.8. The topological polar surface area (TPSA) is 52.9 Å². The van der Waals surface area contributed by atoms with Crippen molar-refractivity contribution in [3.63, 3.8) is 0 Å². The van der Waals surface area contributed by atoms with Crippen molar-refractivity contribution in [3.05, 3.63) is 0 Å². The molecule has 0 aliphatic rings. The molecule has 0 aromatic rings. The van der Waals surface area contributed by atoms with Crippen molar-refractivity contribution in [3.8, 4) is 0 Å². The minimum absolute atomic E-state index is 0.377. The van der Waals surface area contributed by atoms with Crippen LogP contribution in [0.5, 0.6) is 0 Å². The summed E-state index contributed by atoms with van der Waals surface area (Å²) in [6.07, 6.45) is 1.66. The van der Waals surface area contributed by atoms with Gasteiger partial charge in [0.2, 0.25) is 0 Å². The molecule has 2 N–H and O–H groups in total. The molecule has 17 heavy (non-hydrogen) atoms. The standard InChI is InChI=1S/C13H29NO3/c1-5-7-8-17-10-12(15)9-14(6-2)11-13(3,4)16/h12,15-16H,5-11H2,1-4H3. The molecular weight excluding hydrogens is 218 g/mol. The Balaban J connectivity index is 3.78. The third-order valence-electron chi connectivity index (χ3n) is 2.48. The van der Waals surface area contributed by atoms with Gasteiger partial charge >= 0.3 is 0 Å². The molecule has 0 fully saturated rings.